The van der Waals surface area contributed by atoms with Crippen molar-refractivity contribution in [1.29, 1.82) is 0 Å². The number of halogens is 1. The number of rotatable bonds is 3. The molecule has 2 heterocycles. The molecule has 0 unspecified atom stereocenters. The lowest BCUT2D eigenvalue weighted by Gasteiger charge is -2.03. The second-order valence-corrected chi connectivity index (χ2v) is 8.55. The van der Waals surface area contributed by atoms with Gasteiger partial charge < -0.3 is 0 Å². The number of anilines is 1. The first-order chi connectivity index (χ1) is 13.7. The Hall–Kier alpha value is -2.73. The molecule has 0 aliphatic carbocycles. The van der Waals surface area contributed by atoms with Crippen LogP contribution in [0.25, 0.3) is 32.1 Å². The van der Waals surface area contributed by atoms with E-state index in [2.05, 4.69) is 28.5 Å². The van der Waals surface area contributed by atoms with E-state index in [0.29, 0.717) is 15.0 Å². The average molecular weight is 421 g/mol. The summed E-state index contributed by atoms with van der Waals surface area (Å²) in [5.74, 6) is -0.231. The zero-order chi connectivity index (χ0) is 19.1. The van der Waals surface area contributed by atoms with Crippen molar-refractivity contribution >= 4 is 66.2 Å². The molecule has 3 aromatic carbocycles. The fourth-order valence-corrected chi connectivity index (χ4v) is 5.34. The minimum atomic E-state index is -0.231. The third-order valence-electron chi connectivity index (χ3n) is 4.53. The molecule has 0 spiro atoms. The lowest BCUT2D eigenvalue weighted by Crippen LogP contribution is -2.10. The molecule has 0 saturated heterocycles. The van der Waals surface area contributed by atoms with Crippen LogP contribution in [0.2, 0.25) is 5.02 Å². The fourth-order valence-electron chi connectivity index (χ4n) is 3.22. The molecule has 5 rings (SSSR count). The van der Waals surface area contributed by atoms with Crippen LogP contribution in [0, 0.1) is 0 Å². The Labute approximate surface area is 174 Å². The summed E-state index contributed by atoms with van der Waals surface area (Å²) in [4.78, 5) is 17.9. The number of hydrogen-bond acceptors (Lipinski definition) is 4. The number of carbonyl (C=O) groups excluding carboxylic acids is 1. The quantitative estimate of drug-likeness (QED) is 0.338. The van der Waals surface area contributed by atoms with E-state index in [1.807, 2.05) is 53.9 Å². The van der Waals surface area contributed by atoms with Gasteiger partial charge in [0.05, 0.1) is 10.7 Å². The highest BCUT2D eigenvalue weighted by atomic mass is 35.5. The highest BCUT2D eigenvalue weighted by molar-refractivity contribution is 7.21. The Morgan fingerprint density at radius 1 is 0.929 bits per heavy atom. The first-order valence-corrected chi connectivity index (χ1v) is 10.7. The van der Waals surface area contributed by atoms with Crippen molar-refractivity contribution in [3.05, 3.63) is 82.0 Å². The van der Waals surface area contributed by atoms with Crippen molar-refractivity contribution in [2.24, 2.45) is 0 Å². The summed E-state index contributed by atoms with van der Waals surface area (Å²) in [6.45, 7) is 0. The number of benzene rings is 3. The zero-order valence-corrected chi connectivity index (χ0v) is 16.9. The highest BCUT2D eigenvalue weighted by Gasteiger charge is 2.18. The first-order valence-electron chi connectivity index (χ1n) is 8.63. The van der Waals surface area contributed by atoms with Crippen LogP contribution in [0.4, 0.5) is 5.13 Å². The minimum absolute atomic E-state index is 0.231. The Morgan fingerprint density at radius 3 is 2.54 bits per heavy atom. The van der Waals surface area contributed by atoms with Crippen molar-refractivity contribution in [3.63, 3.8) is 0 Å². The molecular formula is C22H13ClN2OS2. The topological polar surface area (TPSA) is 42.0 Å². The number of thiophene rings is 1. The molecular weight excluding hydrogens is 408 g/mol. The maximum atomic E-state index is 12.7. The predicted molar refractivity (Wildman–Crippen MR) is 120 cm³/mol. The van der Waals surface area contributed by atoms with E-state index in [9.17, 15) is 4.79 Å². The van der Waals surface area contributed by atoms with E-state index in [-0.39, 0.29) is 5.91 Å². The Bertz CT molecular complexity index is 1330. The number of nitrogens with one attached hydrogen (secondary N) is 1. The first kappa shape index (κ1) is 17.4. The SMILES string of the molecule is O=C(Nc1nc(-c2cccc3ccccc23)cs1)c1sc2ccccc2c1Cl. The summed E-state index contributed by atoms with van der Waals surface area (Å²) in [6, 6.07) is 22.1. The van der Waals surface area contributed by atoms with E-state index >= 15 is 0 Å². The van der Waals surface area contributed by atoms with E-state index in [4.69, 9.17) is 11.6 Å². The summed E-state index contributed by atoms with van der Waals surface area (Å²) in [6.07, 6.45) is 0. The number of hydrogen-bond donors (Lipinski definition) is 1. The van der Waals surface area contributed by atoms with E-state index in [1.165, 1.54) is 22.7 Å². The number of aromatic nitrogens is 1. The van der Waals surface area contributed by atoms with Crippen LogP contribution in [0.5, 0.6) is 0 Å². The second-order valence-electron chi connectivity index (χ2n) is 6.26. The van der Waals surface area contributed by atoms with Gasteiger partial charge in [0.25, 0.3) is 5.91 Å². The maximum Gasteiger partial charge on any atom is 0.269 e. The molecule has 28 heavy (non-hydrogen) atoms. The lowest BCUT2D eigenvalue weighted by atomic mass is 10.0. The zero-order valence-electron chi connectivity index (χ0n) is 14.5. The van der Waals surface area contributed by atoms with Crippen LogP contribution < -0.4 is 5.32 Å². The Morgan fingerprint density at radius 2 is 1.68 bits per heavy atom. The highest BCUT2D eigenvalue weighted by Crippen LogP contribution is 2.36. The molecule has 2 aromatic heterocycles. The van der Waals surface area contributed by atoms with Crippen LogP contribution in [-0.4, -0.2) is 10.9 Å². The van der Waals surface area contributed by atoms with Gasteiger partial charge in [-0.05, 0) is 16.8 Å². The maximum absolute atomic E-state index is 12.7. The predicted octanol–water partition coefficient (Wildman–Crippen LogP) is 7.08. The van der Waals surface area contributed by atoms with Gasteiger partial charge in [-0.15, -0.1) is 22.7 Å². The lowest BCUT2D eigenvalue weighted by molar-refractivity contribution is 0.103. The van der Waals surface area contributed by atoms with Crippen LogP contribution in [0.1, 0.15) is 9.67 Å². The number of nitrogens with zero attached hydrogens (tertiary/aromatic N) is 1. The summed E-state index contributed by atoms with van der Waals surface area (Å²) < 4.78 is 0.994. The molecule has 0 atom stereocenters. The molecule has 6 heteroatoms. The van der Waals surface area contributed by atoms with Gasteiger partial charge >= 0.3 is 0 Å². The Balaban J connectivity index is 1.46. The summed E-state index contributed by atoms with van der Waals surface area (Å²) >= 11 is 9.21. The van der Waals surface area contributed by atoms with Crippen LogP contribution in [-0.2, 0) is 0 Å². The monoisotopic (exact) mass is 420 g/mol. The third kappa shape index (κ3) is 2.98. The summed E-state index contributed by atoms with van der Waals surface area (Å²) in [5, 5.41) is 9.10. The van der Waals surface area contributed by atoms with Gasteiger partial charge in [-0.1, -0.05) is 72.3 Å². The van der Waals surface area contributed by atoms with Gasteiger partial charge in [-0.3, -0.25) is 10.1 Å². The van der Waals surface area contributed by atoms with Gasteiger partial charge in [0.15, 0.2) is 5.13 Å². The van der Waals surface area contributed by atoms with Crippen molar-refractivity contribution in [2.75, 3.05) is 5.32 Å². The Kier molecular flexibility index (Phi) is 4.36. The summed E-state index contributed by atoms with van der Waals surface area (Å²) in [5.41, 5.74) is 1.90. The van der Waals surface area contributed by atoms with Crippen LogP contribution in [0.15, 0.2) is 72.1 Å². The molecule has 3 nitrogen and oxygen atoms in total. The number of fused-ring (bicyclic) bond motifs is 2. The van der Waals surface area contributed by atoms with Crippen LogP contribution in [0.3, 0.4) is 0 Å². The van der Waals surface area contributed by atoms with Crippen molar-refractivity contribution in [3.8, 4) is 11.3 Å². The molecule has 136 valence electrons. The molecule has 5 aromatic rings. The van der Waals surface area contributed by atoms with Gasteiger partial charge in [-0.2, -0.15) is 0 Å². The minimum Gasteiger partial charge on any atom is -0.297 e. The van der Waals surface area contributed by atoms with Gasteiger partial charge in [0, 0.05) is 21.0 Å². The standard InChI is InChI=1S/C22H13ClN2OS2/c23-19-16-9-3-4-11-18(16)28-20(19)21(26)25-22-24-17(12-27-22)15-10-5-7-13-6-1-2-8-14(13)15/h1-12H,(H,24,25,26). The number of amides is 1. The van der Waals surface area contributed by atoms with Gasteiger partial charge in [0.1, 0.15) is 4.88 Å². The number of carbonyl (C=O) groups is 1. The number of thiazole rings is 1. The summed E-state index contributed by atoms with van der Waals surface area (Å²) in [7, 11) is 0. The van der Waals surface area contributed by atoms with Crippen molar-refractivity contribution in [1.82, 2.24) is 4.98 Å². The molecule has 0 aliphatic rings. The van der Waals surface area contributed by atoms with Gasteiger partial charge in [-0.25, -0.2) is 4.98 Å². The van der Waals surface area contributed by atoms with E-state index < -0.39 is 0 Å². The molecule has 0 saturated carbocycles. The molecule has 1 N–H and O–H groups in total. The average Bonchev–Trinajstić information content (AvgIpc) is 3.32. The molecule has 0 bridgehead atoms. The molecule has 0 radical (unpaired) electrons. The normalized spacial score (nSPS) is 11.2. The third-order valence-corrected chi connectivity index (χ3v) is 6.96. The van der Waals surface area contributed by atoms with Crippen LogP contribution >= 0.6 is 34.3 Å². The largest absolute Gasteiger partial charge is 0.297 e. The van der Waals surface area contributed by atoms with Gasteiger partial charge in [0.2, 0.25) is 0 Å². The van der Waals surface area contributed by atoms with Crippen molar-refractivity contribution in [2.45, 2.75) is 0 Å². The fraction of sp³-hybridized carbons (Fsp3) is 0. The molecule has 0 aliphatic heterocycles. The second kappa shape index (κ2) is 7.02. The van der Waals surface area contributed by atoms with E-state index in [0.717, 1.165) is 32.1 Å². The smallest absolute Gasteiger partial charge is 0.269 e. The molecule has 0 fully saturated rings. The molecule has 1 amide bonds. The van der Waals surface area contributed by atoms with Crippen molar-refractivity contribution < 1.29 is 4.79 Å². The van der Waals surface area contributed by atoms with E-state index in [1.54, 1.807) is 0 Å².